The fourth-order valence-corrected chi connectivity index (χ4v) is 2.16. The summed E-state index contributed by atoms with van der Waals surface area (Å²) in [5.74, 6) is 0. The Balaban J connectivity index is 1.93. The molecule has 0 saturated carbocycles. The first kappa shape index (κ1) is 10.4. The fraction of sp³-hybridized carbons (Fsp3) is 0.308. The number of anilines is 1. The molecule has 0 unspecified atom stereocenters. The number of rotatable bonds is 2. The maximum atomic E-state index is 5.14. The summed E-state index contributed by atoms with van der Waals surface area (Å²) in [6.45, 7) is 4.03. The number of nitrogens with one attached hydrogen (secondary N) is 1. The van der Waals surface area contributed by atoms with Crippen LogP contribution in [-0.4, -0.2) is 31.3 Å². The predicted octanol–water partition coefficient (Wildman–Crippen LogP) is 1.75. The Morgan fingerprint density at radius 3 is 2.65 bits per heavy atom. The molecule has 1 aromatic carbocycles. The Bertz CT molecular complexity index is 474. The van der Waals surface area contributed by atoms with Crippen LogP contribution >= 0.6 is 0 Å². The van der Waals surface area contributed by atoms with E-state index in [0.29, 0.717) is 0 Å². The number of benzene rings is 1. The van der Waals surface area contributed by atoms with Crippen LogP contribution in [0, 0.1) is 0 Å². The van der Waals surface area contributed by atoms with Gasteiger partial charge in [-0.3, -0.25) is 0 Å². The molecule has 1 N–H and O–H groups in total. The first-order valence-electron chi connectivity index (χ1n) is 5.90. The van der Waals surface area contributed by atoms with Crippen LogP contribution in [0.4, 0.5) is 5.69 Å². The highest BCUT2D eigenvalue weighted by molar-refractivity contribution is 5.74. The maximum Gasteiger partial charge on any atom is 0.147 e. The third-order valence-electron chi connectivity index (χ3n) is 3.06. The lowest BCUT2D eigenvalue weighted by atomic mass is 10.1. The SMILES string of the molecule is c1ccc(-c2nocc2N2CCNCC2)cc1. The van der Waals surface area contributed by atoms with Crippen molar-refractivity contribution < 1.29 is 4.52 Å². The number of nitrogens with zero attached hydrogens (tertiary/aromatic N) is 2. The minimum atomic E-state index is 0.938. The topological polar surface area (TPSA) is 41.3 Å². The van der Waals surface area contributed by atoms with Gasteiger partial charge in [0.15, 0.2) is 0 Å². The summed E-state index contributed by atoms with van der Waals surface area (Å²) in [5.41, 5.74) is 3.14. The van der Waals surface area contributed by atoms with Gasteiger partial charge in [0.05, 0.1) is 0 Å². The summed E-state index contributed by atoms with van der Waals surface area (Å²) in [7, 11) is 0. The highest BCUT2D eigenvalue weighted by atomic mass is 16.5. The summed E-state index contributed by atoms with van der Waals surface area (Å²) in [6.07, 6.45) is 1.74. The van der Waals surface area contributed by atoms with E-state index in [-0.39, 0.29) is 0 Å². The van der Waals surface area contributed by atoms with E-state index in [1.54, 1.807) is 6.26 Å². The molecule has 1 aromatic heterocycles. The van der Waals surface area contributed by atoms with E-state index in [1.165, 1.54) is 0 Å². The number of piperazine rings is 1. The molecular weight excluding hydrogens is 214 g/mol. The lowest BCUT2D eigenvalue weighted by Crippen LogP contribution is -2.43. The molecular formula is C13H15N3O. The zero-order valence-electron chi connectivity index (χ0n) is 9.60. The molecule has 3 rings (SSSR count). The van der Waals surface area contributed by atoms with E-state index < -0.39 is 0 Å². The van der Waals surface area contributed by atoms with Gasteiger partial charge in [0, 0.05) is 31.7 Å². The second-order valence-corrected chi connectivity index (χ2v) is 4.15. The molecule has 1 aliphatic rings. The van der Waals surface area contributed by atoms with E-state index in [2.05, 4.69) is 27.5 Å². The van der Waals surface area contributed by atoms with E-state index >= 15 is 0 Å². The van der Waals surface area contributed by atoms with Crippen molar-refractivity contribution in [1.82, 2.24) is 10.5 Å². The zero-order chi connectivity index (χ0) is 11.5. The van der Waals surface area contributed by atoms with Crippen molar-refractivity contribution >= 4 is 5.69 Å². The molecule has 2 aromatic rings. The second kappa shape index (κ2) is 4.59. The smallest absolute Gasteiger partial charge is 0.147 e. The summed E-state index contributed by atoms with van der Waals surface area (Å²) >= 11 is 0. The molecule has 0 aliphatic carbocycles. The van der Waals surface area contributed by atoms with Gasteiger partial charge in [-0.25, -0.2) is 0 Å². The third-order valence-corrected chi connectivity index (χ3v) is 3.06. The highest BCUT2D eigenvalue weighted by Crippen LogP contribution is 2.29. The van der Waals surface area contributed by atoms with Crippen molar-refractivity contribution in [3.8, 4) is 11.3 Å². The monoisotopic (exact) mass is 229 g/mol. The van der Waals surface area contributed by atoms with E-state index in [9.17, 15) is 0 Å². The predicted molar refractivity (Wildman–Crippen MR) is 67.0 cm³/mol. The molecule has 0 amide bonds. The van der Waals surface area contributed by atoms with Crippen molar-refractivity contribution in [3.63, 3.8) is 0 Å². The average Bonchev–Trinajstić information content (AvgIpc) is 2.90. The van der Waals surface area contributed by atoms with Crippen LogP contribution in [0.15, 0.2) is 41.1 Å². The maximum absolute atomic E-state index is 5.14. The minimum absolute atomic E-state index is 0.938. The quantitative estimate of drug-likeness (QED) is 0.851. The van der Waals surface area contributed by atoms with Gasteiger partial charge in [-0.15, -0.1) is 0 Å². The lowest BCUT2D eigenvalue weighted by molar-refractivity contribution is 0.422. The molecule has 4 nitrogen and oxygen atoms in total. The molecule has 1 aliphatic heterocycles. The van der Waals surface area contributed by atoms with Gasteiger partial charge in [0.25, 0.3) is 0 Å². The Hall–Kier alpha value is -1.81. The molecule has 2 heterocycles. The number of hydrogen-bond donors (Lipinski definition) is 1. The molecule has 1 saturated heterocycles. The number of hydrogen-bond acceptors (Lipinski definition) is 4. The largest absolute Gasteiger partial charge is 0.365 e. The Morgan fingerprint density at radius 2 is 1.88 bits per heavy atom. The summed E-state index contributed by atoms with van der Waals surface area (Å²) in [4.78, 5) is 2.31. The first-order valence-corrected chi connectivity index (χ1v) is 5.90. The van der Waals surface area contributed by atoms with Gasteiger partial charge in [0.2, 0.25) is 0 Å². The Kier molecular flexibility index (Phi) is 2.80. The number of aromatic nitrogens is 1. The highest BCUT2D eigenvalue weighted by Gasteiger charge is 2.18. The Morgan fingerprint density at radius 1 is 1.12 bits per heavy atom. The standard InChI is InChI=1S/C13H15N3O/c1-2-4-11(5-3-1)13-12(10-17-15-13)16-8-6-14-7-9-16/h1-5,10,14H,6-9H2. The molecule has 1 fully saturated rings. The van der Waals surface area contributed by atoms with Crippen LogP contribution in [0.5, 0.6) is 0 Å². The van der Waals surface area contributed by atoms with E-state index in [0.717, 1.165) is 43.1 Å². The fourth-order valence-electron chi connectivity index (χ4n) is 2.16. The van der Waals surface area contributed by atoms with Crippen molar-refractivity contribution in [1.29, 1.82) is 0 Å². The van der Waals surface area contributed by atoms with Crippen molar-refractivity contribution in [3.05, 3.63) is 36.6 Å². The van der Waals surface area contributed by atoms with Crippen molar-refractivity contribution in [2.24, 2.45) is 0 Å². The molecule has 0 radical (unpaired) electrons. The normalized spacial score (nSPS) is 16.1. The van der Waals surface area contributed by atoms with Crippen LogP contribution in [0.25, 0.3) is 11.3 Å². The summed E-state index contributed by atoms with van der Waals surface area (Å²) in [6, 6.07) is 10.2. The third kappa shape index (κ3) is 2.03. The summed E-state index contributed by atoms with van der Waals surface area (Å²) < 4.78 is 5.14. The van der Waals surface area contributed by atoms with Crippen LogP contribution in [-0.2, 0) is 0 Å². The second-order valence-electron chi connectivity index (χ2n) is 4.15. The van der Waals surface area contributed by atoms with E-state index in [1.807, 2.05) is 18.2 Å². The molecule has 17 heavy (non-hydrogen) atoms. The molecule has 0 spiro atoms. The van der Waals surface area contributed by atoms with Crippen LogP contribution in [0.1, 0.15) is 0 Å². The molecule has 88 valence electrons. The lowest BCUT2D eigenvalue weighted by Gasteiger charge is -2.28. The van der Waals surface area contributed by atoms with Gasteiger partial charge >= 0.3 is 0 Å². The van der Waals surface area contributed by atoms with Crippen LogP contribution < -0.4 is 10.2 Å². The van der Waals surface area contributed by atoms with Gasteiger partial charge in [-0.2, -0.15) is 0 Å². The van der Waals surface area contributed by atoms with Crippen LogP contribution in [0.2, 0.25) is 0 Å². The first-order chi connectivity index (χ1) is 8.45. The summed E-state index contributed by atoms with van der Waals surface area (Å²) in [5, 5.41) is 7.47. The molecule has 4 heteroatoms. The molecule has 0 bridgehead atoms. The van der Waals surface area contributed by atoms with Gasteiger partial charge in [-0.1, -0.05) is 35.5 Å². The van der Waals surface area contributed by atoms with Gasteiger partial charge in [-0.05, 0) is 0 Å². The Labute approximate surface area is 100 Å². The molecule has 0 atom stereocenters. The van der Waals surface area contributed by atoms with Crippen LogP contribution in [0.3, 0.4) is 0 Å². The minimum Gasteiger partial charge on any atom is -0.365 e. The van der Waals surface area contributed by atoms with Crippen molar-refractivity contribution in [2.45, 2.75) is 0 Å². The van der Waals surface area contributed by atoms with Crippen molar-refractivity contribution in [2.75, 3.05) is 31.1 Å². The van der Waals surface area contributed by atoms with Gasteiger partial charge < -0.3 is 14.7 Å². The van der Waals surface area contributed by atoms with Gasteiger partial charge in [0.1, 0.15) is 17.6 Å². The van der Waals surface area contributed by atoms with E-state index in [4.69, 9.17) is 4.52 Å². The average molecular weight is 229 g/mol. The zero-order valence-corrected chi connectivity index (χ0v) is 9.60.